The molecule has 1 aromatic heterocycles. The van der Waals surface area contributed by atoms with E-state index in [1.807, 2.05) is 12.1 Å². The van der Waals surface area contributed by atoms with Gasteiger partial charge in [-0.25, -0.2) is 4.68 Å². The van der Waals surface area contributed by atoms with Crippen LogP contribution in [-0.2, 0) is 11.2 Å². The zero-order chi connectivity index (χ0) is 10.7. The first-order valence-corrected chi connectivity index (χ1v) is 4.78. The van der Waals surface area contributed by atoms with E-state index in [0.29, 0.717) is 10.7 Å². The molecule has 5 heteroatoms. The standard InChI is InChI=1S/C10H8ClN3O/c11-8-1-3-10(4-2-8)14-7-9(5-6-15)12-13-14/h1-4,6-7H,5H2. The predicted molar refractivity (Wildman–Crippen MR) is 56.1 cm³/mol. The van der Waals surface area contributed by atoms with Crippen molar-refractivity contribution in [3.63, 3.8) is 0 Å². The highest BCUT2D eigenvalue weighted by Gasteiger charge is 2.01. The van der Waals surface area contributed by atoms with Crippen molar-refractivity contribution in [2.45, 2.75) is 6.42 Å². The summed E-state index contributed by atoms with van der Waals surface area (Å²) < 4.78 is 1.61. The van der Waals surface area contributed by atoms with E-state index < -0.39 is 0 Å². The Bertz CT molecular complexity index is 464. The SMILES string of the molecule is O=CCc1cn(-c2ccc(Cl)cc2)nn1. The number of benzene rings is 1. The van der Waals surface area contributed by atoms with Crippen LogP contribution >= 0.6 is 11.6 Å². The molecule has 2 rings (SSSR count). The lowest BCUT2D eigenvalue weighted by molar-refractivity contribution is -0.107. The first kappa shape index (κ1) is 9.86. The topological polar surface area (TPSA) is 47.8 Å². The van der Waals surface area contributed by atoms with Crippen LogP contribution in [0.25, 0.3) is 5.69 Å². The molecule has 1 heterocycles. The first-order chi connectivity index (χ1) is 7.29. The van der Waals surface area contributed by atoms with Crippen molar-refractivity contribution in [2.24, 2.45) is 0 Å². The van der Waals surface area contributed by atoms with E-state index >= 15 is 0 Å². The van der Waals surface area contributed by atoms with E-state index in [9.17, 15) is 4.79 Å². The van der Waals surface area contributed by atoms with Gasteiger partial charge in [-0.05, 0) is 24.3 Å². The van der Waals surface area contributed by atoms with Crippen LogP contribution in [0.15, 0.2) is 30.5 Å². The van der Waals surface area contributed by atoms with Crippen LogP contribution in [0.4, 0.5) is 0 Å². The molecule has 0 amide bonds. The van der Waals surface area contributed by atoms with Gasteiger partial charge in [-0.3, -0.25) is 0 Å². The van der Waals surface area contributed by atoms with Crippen molar-refractivity contribution in [3.05, 3.63) is 41.2 Å². The summed E-state index contributed by atoms with van der Waals surface area (Å²) in [6, 6.07) is 7.22. The van der Waals surface area contributed by atoms with Crippen molar-refractivity contribution in [1.82, 2.24) is 15.0 Å². The van der Waals surface area contributed by atoms with Gasteiger partial charge in [-0.2, -0.15) is 0 Å². The van der Waals surface area contributed by atoms with Crippen molar-refractivity contribution in [1.29, 1.82) is 0 Å². The normalized spacial score (nSPS) is 10.2. The van der Waals surface area contributed by atoms with E-state index in [0.717, 1.165) is 12.0 Å². The monoisotopic (exact) mass is 221 g/mol. The minimum absolute atomic E-state index is 0.285. The Kier molecular flexibility index (Phi) is 2.78. The predicted octanol–water partition coefficient (Wildman–Crippen LogP) is 1.66. The molecule has 0 aliphatic carbocycles. The number of aldehydes is 1. The lowest BCUT2D eigenvalue weighted by Gasteiger charge is -1.98. The first-order valence-electron chi connectivity index (χ1n) is 4.40. The summed E-state index contributed by atoms with van der Waals surface area (Å²) in [7, 11) is 0. The zero-order valence-corrected chi connectivity index (χ0v) is 8.55. The third-order valence-corrected chi connectivity index (χ3v) is 2.18. The summed E-state index contributed by atoms with van der Waals surface area (Å²) in [5.74, 6) is 0. The summed E-state index contributed by atoms with van der Waals surface area (Å²) in [4.78, 5) is 10.3. The van der Waals surface area contributed by atoms with Gasteiger partial charge in [0.15, 0.2) is 0 Å². The molecule has 0 fully saturated rings. The Labute approximate surface area is 91.5 Å². The third-order valence-electron chi connectivity index (χ3n) is 1.92. The van der Waals surface area contributed by atoms with Crippen molar-refractivity contribution in [2.75, 3.05) is 0 Å². The molecule has 0 N–H and O–H groups in total. The smallest absolute Gasteiger partial charge is 0.126 e. The Balaban J connectivity index is 2.28. The fraction of sp³-hybridized carbons (Fsp3) is 0.100. The molecule has 0 spiro atoms. The van der Waals surface area contributed by atoms with Crippen LogP contribution in [0.1, 0.15) is 5.69 Å². The molecule has 0 radical (unpaired) electrons. The van der Waals surface area contributed by atoms with Gasteiger partial charge in [0.25, 0.3) is 0 Å². The van der Waals surface area contributed by atoms with E-state index in [2.05, 4.69) is 10.3 Å². The molecule has 1 aromatic carbocycles. The summed E-state index contributed by atoms with van der Waals surface area (Å²) in [6.45, 7) is 0. The third kappa shape index (κ3) is 2.22. The number of rotatable bonds is 3. The van der Waals surface area contributed by atoms with Crippen LogP contribution < -0.4 is 0 Å². The number of hydrogen-bond donors (Lipinski definition) is 0. The molecule has 0 aliphatic heterocycles. The van der Waals surface area contributed by atoms with E-state index in [1.54, 1.807) is 23.0 Å². The van der Waals surface area contributed by atoms with Gasteiger partial charge in [0, 0.05) is 11.4 Å². The molecular weight excluding hydrogens is 214 g/mol. The number of nitrogens with zero attached hydrogens (tertiary/aromatic N) is 3. The van der Waals surface area contributed by atoms with Gasteiger partial charge >= 0.3 is 0 Å². The molecule has 4 nitrogen and oxygen atoms in total. The second-order valence-electron chi connectivity index (χ2n) is 3.00. The van der Waals surface area contributed by atoms with E-state index in [4.69, 9.17) is 11.6 Å². The number of carbonyl (C=O) groups excluding carboxylic acids is 1. The Morgan fingerprint density at radius 3 is 2.73 bits per heavy atom. The second kappa shape index (κ2) is 4.23. The molecule has 0 saturated heterocycles. The lowest BCUT2D eigenvalue weighted by atomic mass is 10.3. The fourth-order valence-electron chi connectivity index (χ4n) is 1.20. The Hall–Kier alpha value is -1.68. The molecule has 76 valence electrons. The molecule has 0 aliphatic rings. The quantitative estimate of drug-likeness (QED) is 0.741. The van der Waals surface area contributed by atoms with Crippen molar-refractivity contribution < 1.29 is 4.79 Å². The van der Waals surface area contributed by atoms with Crippen molar-refractivity contribution >= 4 is 17.9 Å². The van der Waals surface area contributed by atoms with Gasteiger partial charge in [0.2, 0.25) is 0 Å². The molecule has 2 aromatic rings. The largest absolute Gasteiger partial charge is 0.303 e. The van der Waals surface area contributed by atoms with E-state index in [1.165, 1.54) is 0 Å². The van der Waals surface area contributed by atoms with Gasteiger partial charge < -0.3 is 4.79 Å². The molecule has 0 bridgehead atoms. The number of carbonyl (C=O) groups is 1. The molecular formula is C10H8ClN3O. The molecule has 15 heavy (non-hydrogen) atoms. The van der Waals surface area contributed by atoms with Gasteiger partial charge in [0.1, 0.15) is 6.29 Å². The minimum atomic E-state index is 0.285. The van der Waals surface area contributed by atoms with Crippen LogP contribution in [0, 0.1) is 0 Å². The maximum absolute atomic E-state index is 10.3. The maximum atomic E-state index is 10.3. The highest BCUT2D eigenvalue weighted by Crippen LogP contribution is 2.12. The highest BCUT2D eigenvalue weighted by atomic mass is 35.5. The van der Waals surface area contributed by atoms with Gasteiger partial charge in [0.05, 0.1) is 17.6 Å². The summed E-state index contributed by atoms with van der Waals surface area (Å²) in [5, 5.41) is 8.43. The highest BCUT2D eigenvalue weighted by molar-refractivity contribution is 6.30. The number of aromatic nitrogens is 3. The van der Waals surface area contributed by atoms with E-state index in [-0.39, 0.29) is 6.42 Å². The van der Waals surface area contributed by atoms with Gasteiger partial charge in [-0.15, -0.1) is 5.10 Å². The lowest BCUT2D eigenvalue weighted by Crippen LogP contribution is -1.93. The summed E-state index contributed by atoms with van der Waals surface area (Å²) >= 11 is 5.76. The maximum Gasteiger partial charge on any atom is 0.126 e. The average Bonchev–Trinajstić information content (AvgIpc) is 2.68. The zero-order valence-electron chi connectivity index (χ0n) is 7.80. The van der Waals surface area contributed by atoms with Crippen LogP contribution in [0.2, 0.25) is 5.02 Å². The summed E-state index contributed by atoms with van der Waals surface area (Å²) in [6.07, 6.45) is 2.81. The summed E-state index contributed by atoms with van der Waals surface area (Å²) in [5.41, 5.74) is 1.52. The minimum Gasteiger partial charge on any atom is -0.303 e. The number of halogens is 1. The molecule has 0 unspecified atom stereocenters. The fourth-order valence-corrected chi connectivity index (χ4v) is 1.32. The van der Waals surface area contributed by atoms with Crippen LogP contribution in [0.3, 0.4) is 0 Å². The Morgan fingerprint density at radius 2 is 2.07 bits per heavy atom. The van der Waals surface area contributed by atoms with Crippen LogP contribution in [-0.4, -0.2) is 21.3 Å². The number of hydrogen-bond acceptors (Lipinski definition) is 3. The van der Waals surface area contributed by atoms with Crippen LogP contribution in [0.5, 0.6) is 0 Å². The molecule has 0 atom stereocenters. The Morgan fingerprint density at radius 1 is 1.33 bits per heavy atom. The average molecular weight is 222 g/mol. The second-order valence-corrected chi connectivity index (χ2v) is 3.44. The molecule has 0 saturated carbocycles. The van der Waals surface area contributed by atoms with Crippen molar-refractivity contribution in [3.8, 4) is 5.69 Å². The van der Waals surface area contributed by atoms with Gasteiger partial charge in [-0.1, -0.05) is 16.8 Å².